The van der Waals surface area contributed by atoms with Crippen molar-refractivity contribution in [2.45, 2.75) is 50.8 Å². The van der Waals surface area contributed by atoms with Crippen LogP contribution >= 0.6 is 0 Å². The van der Waals surface area contributed by atoms with E-state index in [2.05, 4.69) is 0 Å². The predicted octanol–water partition coefficient (Wildman–Crippen LogP) is 2.88. The fourth-order valence-electron chi connectivity index (χ4n) is 1.87. The average molecular weight is 196 g/mol. The number of aliphatic hydroxyl groups excluding tert-OH is 1. The third-order valence-corrected chi connectivity index (χ3v) is 2.66. The first kappa shape index (κ1) is 10.8. The maximum Gasteiger partial charge on any atom is 0.414 e. The normalized spacial score (nSPS) is 23.1. The van der Waals surface area contributed by atoms with E-state index in [1.165, 1.54) is 0 Å². The molecule has 0 radical (unpaired) electrons. The molecule has 0 saturated heterocycles. The number of aliphatic hydroxyl groups is 1. The zero-order chi connectivity index (χ0) is 9.90. The molecule has 1 aliphatic carbocycles. The summed E-state index contributed by atoms with van der Waals surface area (Å²) in [6, 6.07) is 0. The quantitative estimate of drug-likeness (QED) is 0.720. The van der Waals surface area contributed by atoms with Gasteiger partial charge in [0.25, 0.3) is 0 Å². The Morgan fingerprint density at radius 1 is 1.15 bits per heavy atom. The molecule has 13 heavy (non-hydrogen) atoms. The van der Waals surface area contributed by atoms with Crippen LogP contribution in [0.4, 0.5) is 13.2 Å². The summed E-state index contributed by atoms with van der Waals surface area (Å²) in [5.74, 6) is 0.0744. The summed E-state index contributed by atoms with van der Waals surface area (Å²) < 4.78 is 35.9. The molecule has 1 nitrogen and oxygen atoms in total. The highest BCUT2D eigenvalue weighted by Gasteiger charge is 2.39. The molecule has 0 aromatic heterocycles. The highest BCUT2D eigenvalue weighted by Crippen LogP contribution is 2.32. The van der Waals surface area contributed by atoms with Crippen molar-refractivity contribution in [3.05, 3.63) is 0 Å². The molecule has 1 N–H and O–H groups in total. The van der Waals surface area contributed by atoms with Crippen molar-refractivity contribution in [2.24, 2.45) is 5.92 Å². The largest absolute Gasteiger partial charge is 0.414 e. The molecular formula is C9H15F3O. The lowest BCUT2D eigenvalue weighted by atomic mass is 9.85. The minimum absolute atomic E-state index is 0.0744. The zero-order valence-electron chi connectivity index (χ0n) is 7.48. The Morgan fingerprint density at radius 2 is 1.69 bits per heavy atom. The van der Waals surface area contributed by atoms with Crippen LogP contribution in [-0.2, 0) is 0 Å². The number of rotatable bonds is 2. The topological polar surface area (TPSA) is 20.2 Å². The SMILES string of the molecule is OC(CC1CCCCC1)C(F)(F)F. The summed E-state index contributed by atoms with van der Waals surface area (Å²) in [5, 5.41) is 8.81. The van der Waals surface area contributed by atoms with Crippen LogP contribution in [0, 0.1) is 5.92 Å². The lowest BCUT2D eigenvalue weighted by molar-refractivity contribution is -0.209. The number of hydrogen-bond acceptors (Lipinski definition) is 1. The molecule has 1 fully saturated rings. The van der Waals surface area contributed by atoms with Crippen molar-refractivity contribution in [3.63, 3.8) is 0 Å². The highest BCUT2D eigenvalue weighted by molar-refractivity contribution is 4.73. The number of alkyl halides is 3. The molecule has 0 bridgehead atoms. The summed E-state index contributed by atoms with van der Waals surface area (Å²) in [4.78, 5) is 0. The van der Waals surface area contributed by atoms with Gasteiger partial charge >= 0.3 is 6.18 Å². The second-order valence-electron chi connectivity index (χ2n) is 3.80. The molecule has 0 aromatic rings. The third-order valence-electron chi connectivity index (χ3n) is 2.66. The first-order chi connectivity index (χ1) is 6.00. The Balaban J connectivity index is 2.30. The van der Waals surface area contributed by atoms with Crippen LogP contribution < -0.4 is 0 Å². The van der Waals surface area contributed by atoms with Crippen LogP contribution in [0.15, 0.2) is 0 Å². The Labute approximate surface area is 75.9 Å². The Kier molecular flexibility index (Phi) is 3.59. The molecule has 1 aliphatic rings. The predicted molar refractivity (Wildman–Crippen MR) is 43.3 cm³/mol. The molecule has 0 amide bonds. The molecule has 0 aromatic carbocycles. The van der Waals surface area contributed by atoms with E-state index in [0.29, 0.717) is 0 Å². The molecular weight excluding hydrogens is 181 g/mol. The van der Waals surface area contributed by atoms with Crippen molar-refractivity contribution in [3.8, 4) is 0 Å². The summed E-state index contributed by atoms with van der Waals surface area (Å²) in [6.07, 6.45) is -1.83. The molecule has 1 atom stereocenters. The first-order valence-electron chi connectivity index (χ1n) is 4.75. The van der Waals surface area contributed by atoms with Gasteiger partial charge in [-0.05, 0) is 12.3 Å². The molecule has 1 unspecified atom stereocenters. The van der Waals surface area contributed by atoms with Gasteiger partial charge in [-0.25, -0.2) is 0 Å². The Morgan fingerprint density at radius 3 is 2.15 bits per heavy atom. The maximum absolute atomic E-state index is 12.0. The number of hydrogen-bond donors (Lipinski definition) is 1. The molecule has 1 rings (SSSR count). The fraction of sp³-hybridized carbons (Fsp3) is 1.00. The Hall–Kier alpha value is -0.250. The van der Waals surface area contributed by atoms with E-state index in [1.54, 1.807) is 0 Å². The summed E-state index contributed by atoms with van der Waals surface area (Å²) in [6.45, 7) is 0. The van der Waals surface area contributed by atoms with E-state index >= 15 is 0 Å². The zero-order valence-corrected chi connectivity index (χ0v) is 7.48. The van der Waals surface area contributed by atoms with E-state index in [0.717, 1.165) is 32.1 Å². The van der Waals surface area contributed by atoms with Gasteiger partial charge in [0.05, 0.1) is 0 Å². The maximum atomic E-state index is 12.0. The van der Waals surface area contributed by atoms with E-state index < -0.39 is 12.3 Å². The number of halogens is 3. The third kappa shape index (κ3) is 3.55. The van der Waals surface area contributed by atoms with Crippen LogP contribution in [0.5, 0.6) is 0 Å². The summed E-state index contributed by atoms with van der Waals surface area (Å²) >= 11 is 0. The first-order valence-corrected chi connectivity index (χ1v) is 4.75. The molecule has 1 saturated carbocycles. The van der Waals surface area contributed by atoms with Gasteiger partial charge in [0.15, 0.2) is 0 Å². The van der Waals surface area contributed by atoms with Crippen LogP contribution in [0.1, 0.15) is 38.5 Å². The van der Waals surface area contributed by atoms with Crippen molar-refractivity contribution in [1.82, 2.24) is 0 Å². The van der Waals surface area contributed by atoms with Crippen LogP contribution in [0.3, 0.4) is 0 Å². The van der Waals surface area contributed by atoms with E-state index in [1.807, 2.05) is 0 Å². The van der Waals surface area contributed by atoms with Gasteiger partial charge in [0.2, 0.25) is 0 Å². The van der Waals surface area contributed by atoms with Gasteiger partial charge in [-0.1, -0.05) is 32.1 Å². The van der Waals surface area contributed by atoms with Crippen LogP contribution in [0.25, 0.3) is 0 Å². The second-order valence-corrected chi connectivity index (χ2v) is 3.80. The van der Waals surface area contributed by atoms with Gasteiger partial charge in [-0.3, -0.25) is 0 Å². The molecule has 0 heterocycles. The van der Waals surface area contributed by atoms with Gasteiger partial charge < -0.3 is 5.11 Å². The van der Waals surface area contributed by atoms with Crippen LogP contribution in [0.2, 0.25) is 0 Å². The highest BCUT2D eigenvalue weighted by atomic mass is 19.4. The van der Waals surface area contributed by atoms with Gasteiger partial charge in [0.1, 0.15) is 6.10 Å². The minimum atomic E-state index is -4.43. The Bertz CT molecular complexity index is 149. The monoisotopic (exact) mass is 196 g/mol. The average Bonchev–Trinajstić information content (AvgIpc) is 2.04. The van der Waals surface area contributed by atoms with Crippen LogP contribution in [-0.4, -0.2) is 17.4 Å². The lowest BCUT2D eigenvalue weighted by Crippen LogP contribution is -2.31. The molecule has 78 valence electrons. The minimum Gasteiger partial charge on any atom is -0.384 e. The van der Waals surface area contributed by atoms with E-state index in [-0.39, 0.29) is 12.3 Å². The second kappa shape index (κ2) is 4.31. The van der Waals surface area contributed by atoms with Crippen molar-refractivity contribution >= 4 is 0 Å². The fourth-order valence-corrected chi connectivity index (χ4v) is 1.87. The molecule has 4 heteroatoms. The molecule has 0 aliphatic heterocycles. The van der Waals surface area contributed by atoms with Gasteiger partial charge in [-0.15, -0.1) is 0 Å². The van der Waals surface area contributed by atoms with Crippen molar-refractivity contribution in [2.75, 3.05) is 0 Å². The van der Waals surface area contributed by atoms with Crippen molar-refractivity contribution in [1.29, 1.82) is 0 Å². The summed E-state index contributed by atoms with van der Waals surface area (Å²) in [7, 11) is 0. The van der Waals surface area contributed by atoms with E-state index in [4.69, 9.17) is 5.11 Å². The standard InChI is InChI=1S/C9H15F3O/c10-9(11,12)8(13)6-7-4-2-1-3-5-7/h7-8,13H,1-6H2. The van der Waals surface area contributed by atoms with Crippen molar-refractivity contribution < 1.29 is 18.3 Å². The smallest absolute Gasteiger partial charge is 0.384 e. The van der Waals surface area contributed by atoms with E-state index in [9.17, 15) is 13.2 Å². The summed E-state index contributed by atoms with van der Waals surface area (Å²) in [5.41, 5.74) is 0. The lowest BCUT2D eigenvalue weighted by Gasteiger charge is -2.24. The van der Waals surface area contributed by atoms with Gasteiger partial charge in [0, 0.05) is 0 Å². The van der Waals surface area contributed by atoms with Gasteiger partial charge in [-0.2, -0.15) is 13.2 Å². The molecule has 0 spiro atoms.